The maximum absolute atomic E-state index is 11.4. The van der Waals surface area contributed by atoms with Gasteiger partial charge in [0.15, 0.2) is 10.1 Å². The van der Waals surface area contributed by atoms with Crippen LogP contribution in [-0.2, 0) is 19.1 Å². The van der Waals surface area contributed by atoms with Gasteiger partial charge in [-0.1, -0.05) is 50.9 Å². The average molecular weight is 297 g/mol. The van der Waals surface area contributed by atoms with Gasteiger partial charge in [-0.15, -0.1) is 0 Å². The number of hydrogen-bond acceptors (Lipinski definition) is 4. The van der Waals surface area contributed by atoms with Crippen molar-refractivity contribution in [2.24, 2.45) is 11.8 Å². The van der Waals surface area contributed by atoms with E-state index in [1.165, 1.54) is 0 Å². The van der Waals surface area contributed by atoms with E-state index in [0.717, 1.165) is 0 Å². The minimum atomic E-state index is -0.822. The molecule has 0 aromatic rings. The first-order chi connectivity index (χ1) is 8.25. The fourth-order valence-corrected chi connectivity index (χ4v) is 1.05. The zero-order valence-corrected chi connectivity index (χ0v) is 12.5. The van der Waals surface area contributed by atoms with Gasteiger partial charge in [0.05, 0.1) is 13.2 Å². The van der Waals surface area contributed by atoms with Crippen LogP contribution in [0.2, 0.25) is 0 Å². The summed E-state index contributed by atoms with van der Waals surface area (Å²) in [5.41, 5.74) is 0. The van der Waals surface area contributed by atoms with Crippen molar-refractivity contribution in [3.63, 3.8) is 0 Å². The molecule has 0 N–H and O–H groups in total. The van der Waals surface area contributed by atoms with Crippen molar-refractivity contribution in [3.05, 3.63) is 10.1 Å². The predicted octanol–water partition coefficient (Wildman–Crippen LogP) is 3.07. The quantitative estimate of drug-likeness (QED) is 0.558. The van der Waals surface area contributed by atoms with Crippen LogP contribution in [0.3, 0.4) is 0 Å². The van der Waals surface area contributed by atoms with Crippen molar-refractivity contribution in [2.75, 3.05) is 13.2 Å². The number of rotatable bonds is 6. The average Bonchev–Trinajstić information content (AvgIpc) is 2.30. The van der Waals surface area contributed by atoms with E-state index in [4.69, 9.17) is 32.7 Å². The van der Waals surface area contributed by atoms with Crippen molar-refractivity contribution in [3.8, 4) is 0 Å². The molecule has 6 heteroatoms. The van der Waals surface area contributed by atoms with Crippen LogP contribution in [0.25, 0.3) is 0 Å². The second-order valence-corrected chi connectivity index (χ2v) is 5.37. The van der Waals surface area contributed by atoms with Crippen molar-refractivity contribution >= 4 is 35.1 Å². The third-order valence-corrected chi connectivity index (χ3v) is 2.43. The first-order valence-corrected chi connectivity index (χ1v) is 6.40. The summed E-state index contributed by atoms with van der Waals surface area (Å²) in [6.07, 6.45) is 0. The Labute approximate surface area is 117 Å². The van der Waals surface area contributed by atoms with E-state index in [1.807, 2.05) is 27.7 Å². The molecule has 0 aromatic carbocycles. The Morgan fingerprint density at radius 3 is 1.33 bits per heavy atom. The molecule has 0 aliphatic heterocycles. The molecule has 0 unspecified atom stereocenters. The van der Waals surface area contributed by atoms with Crippen LogP contribution >= 0.6 is 23.2 Å². The Hall–Kier alpha value is -0.740. The third kappa shape index (κ3) is 6.87. The highest BCUT2D eigenvalue weighted by molar-refractivity contribution is 6.53. The van der Waals surface area contributed by atoms with Gasteiger partial charge in [-0.3, -0.25) is 0 Å². The molecule has 0 saturated carbocycles. The minimum Gasteiger partial charge on any atom is -0.461 e. The van der Waals surface area contributed by atoms with Crippen LogP contribution in [0.1, 0.15) is 27.7 Å². The summed E-state index contributed by atoms with van der Waals surface area (Å²) in [6, 6.07) is 0. The molecule has 0 heterocycles. The highest BCUT2D eigenvalue weighted by Gasteiger charge is 2.20. The predicted molar refractivity (Wildman–Crippen MR) is 70.3 cm³/mol. The van der Waals surface area contributed by atoms with Gasteiger partial charge in [0.25, 0.3) is 0 Å². The maximum atomic E-state index is 11.4. The number of carbonyl (C=O) groups excluding carboxylic acids is 2. The molecule has 4 nitrogen and oxygen atoms in total. The summed E-state index contributed by atoms with van der Waals surface area (Å²) in [5, 5.41) is -0.905. The fraction of sp³-hybridized carbons (Fsp3) is 0.667. The summed E-state index contributed by atoms with van der Waals surface area (Å²) >= 11 is 11.3. The number of halogens is 2. The van der Waals surface area contributed by atoms with Gasteiger partial charge in [0.1, 0.15) is 0 Å². The highest BCUT2D eigenvalue weighted by atomic mass is 35.5. The van der Waals surface area contributed by atoms with E-state index in [1.54, 1.807) is 0 Å². The molecule has 0 amide bonds. The highest BCUT2D eigenvalue weighted by Crippen LogP contribution is 2.18. The number of ether oxygens (including phenoxy) is 2. The summed E-state index contributed by atoms with van der Waals surface area (Å²) in [7, 11) is 0. The summed E-state index contributed by atoms with van der Waals surface area (Å²) in [4.78, 5) is 22.9. The lowest BCUT2D eigenvalue weighted by Crippen LogP contribution is -2.15. The van der Waals surface area contributed by atoms with Crippen molar-refractivity contribution < 1.29 is 19.1 Å². The van der Waals surface area contributed by atoms with Gasteiger partial charge in [-0.25, -0.2) is 9.59 Å². The lowest BCUT2D eigenvalue weighted by atomic mass is 10.2. The summed E-state index contributed by atoms with van der Waals surface area (Å²) in [5.74, 6) is -1.30. The lowest BCUT2D eigenvalue weighted by Gasteiger charge is -2.09. The minimum absolute atomic E-state index is 0.171. The van der Waals surface area contributed by atoms with E-state index in [0.29, 0.717) is 0 Å². The van der Waals surface area contributed by atoms with Crippen LogP contribution in [0.15, 0.2) is 10.1 Å². The lowest BCUT2D eigenvalue weighted by molar-refractivity contribution is -0.142. The molecule has 0 bridgehead atoms. The first-order valence-electron chi connectivity index (χ1n) is 5.65. The summed E-state index contributed by atoms with van der Waals surface area (Å²) < 4.78 is 9.68. The maximum Gasteiger partial charge on any atom is 0.351 e. The van der Waals surface area contributed by atoms with Crippen LogP contribution < -0.4 is 0 Å². The smallest absolute Gasteiger partial charge is 0.351 e. The van der Waals surface area contributed by atoms with Gasteiger partial charge >= 0.3 is 11.9 Å². The van der Waals surface area contributed by atoms with Crippen molar-refractivity contribution in [1.82, 2.24) is 0 Å². The number of carbonyl (C=O) groups is 2. The molecular weight excluding hydrogens is 279 g/mol. The van der Waals surface area contributed by atoms with E-state index >= 15 is 0 Å². The zero-order valence-electron chi connectivity index (χ0n) is 11.0. The number of hydrogen-bond donors (Lipinski definition) is 0. The molecule has 0 aliphatic carbocycles. The SMILES string of the molecule is CC(C)COC(=O)C(Cl)=C(Cl)C(=O)OCC(C)C. The molecule has 0 aromatic heterocycles. The molecule has 18 heavy (non-hydrogen) atoms. The Morgan fingerprint density at radius 2 is 1.11 bits per heavy atom. The second-order valence-electron chi connectivity index (χ2n) is 4.61. The molecule has 0 fully saturated rings. The molecule has 0 aliphatic rings. The molecule has 0 radical (unpaired) electrons. The van der Waals surface area contributed by atoms with E-state index in [-0.39, 0.29) is 25.0 Å². The first kappa shape index (κ1) is 17.3. The van der Waals surface area contributed by atoms with Crippen LogP contribution in [0.5, 0.6) is 0 Å². The van der Waals surface area contributed by atoms with Gasteiger partial charge in [0, 0.05) is 0 Å². The van der Waals surface area contributed by atoms with E-state index < -0.39 is 22.0 Å². The molecule has 0 rings (SSSR count). The monoisotopic (exact) mass is 296 g/mol. The molecule has 104 valence electrons. The van der Waals surface area contributed by atoms with Crippen LogP contribution in [0, 0.1) is 11.8 Å². The molecule has 0 atom stereocenters. The fourth-order valence-electron chi connectivity index (χ4n) is 0.791. The van der Waals surface area contributed by atoms with E-state index in [2.05, 4.69) is 0 Å². The second kappa shape index (κ2) is 8.38. The van der Waals surface area contributed by atoms with Crippen LogP contribution in [-0.4, -0.2) is 25.2 Å². The zero-order chi connectivity index (χ0) is 14.3. The Morgan fingerprint density at radius 1 is 0.833 bits per heavy atom. The largest absolute Gasteiger partial charge is 0.461 e. The third-order valence-electron chi connectivity index (χ3n) is 1.65. The van der Waals surface area contributed by atoms with Crippen molar-refractivity contribution in [2.45, 2.75) is 27.7 Å². The van der Waals surface area contributed by atoms with Crippen LogP contribution in [0.4, 0.5) is 0 Å². The van der Waals surface area contributed by atoms with Crippen molar-refractivity contribution in [1.29, 1.82) is 0 Å². The Bertz CT molecular complexity index is 303. The van der Waals surface area contributed by atoms with Gasteiger partial charge < -0.3 is 9.47 Å². The molecule has 0 spiro atoms. The normalized spacial score (nSPS) is 12.4. The van der Waals surface area contributed by atoms with Gasteiger partial charge in [-0.05, 0) is 11.8 Å². The molecular formula is C12H18Cl2O4. The Balaban J connectivity index is 4.49. The standard InChI is InChI=1S/C12H18Cl2O4/c1-7(2)5-17-11(15)9(13)10(14)12(16)18-6-8(3)4/h7-8H,5-6H2,1-4H3. The number of esters is 2. The van der Waals surface area contributed by atoms with Gasteiger partial charge in [0.2, 0.25) is 0 Å². The topological polar surface area (TPSA) is 52.6 Å². The molecule has 0 saturated heterocycles. The van der Waals surface area contributed by atoms with Gasteiger partial charge in [-0.2, -0.15) is 0 Å². The van der Waals surface area contributed by atoms with E-state index in [9.17, 15) is 9.59 Å². The summed E-state index contributed by atoms with van der Waals surface area (Å²) in [6.45, 7) is 7.93. The Kier molecular flexibility index (Phi) is 8.03.